The minimum absolute atomic E-state index is 0.215. The minimum atomic E-state index is -1.12. The Morgan fingerprint density at radius 2 is 2.12 bits per heavy atom. The van der Waals surface area contributed by atoms with Crippen molar-refractivity contribution in [2.75, 3.05) is 22.6 Å². The monoisotopic (exact) mass is 458 g/mol. The van der Waals surface area contributed by atoms with Gasteiger partial charge in [-0.25, -0.2) is 14.4 Å². The molecule has 0 radical (unpaired) electrons. The number of alkyl halides is 1. The van der Waals surface area contributed by atoms with Gasteiger partial charge in [0.15, 0.2) is 11.4 Å². The summed E-state index contributed by atoms with van der Waals surface area (Å²) < 4.78 is 19.2. The standard InChI is InChI=1S/C21H20ClFN6O3/c1-21(2)20(31)26-12-5-10(22)14(7-15(12)32-21)29(3)16-6-13-17(25-8-24-13)18(27-16)28-19(30)9-4-11(9)23/h5-9,11H,4H2,1-3H3,(H,24,25)(H,26,31)(H,27,28,30)/t9-,11+/m0/s1. The number of aromatic nitrogens is 3. The van der Waals surface area contributed by atoms with Crippen molar-refractivity contribution in [3.8, 4) is 5.75 Å². The van der Waals surface area contributed by atoms with Crippen LogP contribution in [-0.2, 0) is 9.59 Å². The molecule has 1 fully saturated rings. The number of imidazole rings is 1. The number of nitrogens with zero attached hydrogens (tertiary/aromatic N) is 3. The molecular weight excluding hydrogens is 439 g/mol. The van der Waals surface area contributed by atoms with Crippen LogP contribution in [0.3, 0.4) is 0 Å². The molecule has 0 unspecified atom stereocenters. The Morgan fingerprint density at radius 3 is 2.84 bits per heavy atom. The topological polar surface area (TPSA) is 112 Å². The number of aromatic amines is 1. The zero-order valence-corrected chi connectivity index (χ0v) is 18.2. The van der Waals surface area contributed by atoms with Crippen molar-refractivity contribution in [3.63, 3.8) is 0 Å². The summed E-state index contributed by atoms with van der Waals surface area (Å²) in [4.78, 5) is 37.9. The number of H-pyrrole nitrogens is 1. The Labute approximate surface area is 187 Å². The molecule has 0 bridgehead atoms. The van der Waals surface area contributed by atoms with Crippen LogP contribution in [0, 0.1) is 5.92 Å². The number of amides is 2. The third-order valence-corrected chi connectivity index (χ3v) is 5.90. The Kier molecular flexibility index (Phi) is 4.52. The van der Waals surface area contributed by atoms with E-state index in [2.05, 4.69) is 25.6 Å². The average Bonchev–Trinajstić information content (AvgIpc) is 3.27. The lowest BCUT2D eigenvalue weighted by Gasteiger charge is -2.32. The van der Waals surface area contributed by atoms with Crippen LogP contribution in [0.25, 0.3) is 11.0 Å². The molecule has 1 saturated carbocycles. The van der Waals surface area contributed by atoms with Crippen LogP contribution >= 0.6 is 11.6 Å². The number of pyridine rings is 1. The van der Waals surface area contributed by atoms with Crippen molar-refractivity contribution in [3.05, 3.63) is 29.5 Å². The number of anilines is 4. The molecule has 1 aromatic carbocycles. The second kappa shape index (κ2) is 7.06. The first-order valence-electron chi connectivity index (χ1n) is 10.0. The van der Waals surface area contributed by atoms with E-state index in [1.54, 1.807) is 44.0 Å². The smallest absolute Gasteiger partial charge is 0.268 e. The molecule has 166 valence electrons. The molecule has 0 saturated heterocycles. The number of hydrogen-bond donors (Lipinski definition) is 3. The molecular formula is C21H20ClFN6O3. The second-order valence-corrected chi connectivity index (χ2v) is 8.81. The number of nitrogens with one attached hydrogen (secondary N) is 3. The van der Waals surface area contributed by atoms with Crippen molar-refractivity contribution in [1.29, 1.82) is 0 Å². The normalized spacial score (nSPS) is 20.8. The molecule has 1 aliphatic carbocycles. The molecule has 2 amide bonds. The van der Waals surface area contributed by atoms with E-state index in [-0.39, 0.29) is 18.1 Å². The van der Waals surface area contributed by atoms with Crippen LogP contribution in [0.4, 0.5) is 27.4 Å². The van der Waals surface area contributed by atoms with E-state index in [0.717, 1.165) is 0 Å². The van der Waals surface area contributed by atoms with Gasteiger partial charge in [-0.1, -0.05) is 11.6 Å². The molecule has 0 spiro atoms. The summed E-state index contributed by atoms with van der Waals surface area (Å²) in [6, 6.07) is 5.09. The van der Waals surface area contributed by atoms with E-state index < -0.39 is 23.6 Å². The highest BCUT2D eigenvalue weighted by molar-refractivity contribution is 6.34. The molecule has 32 heavy (non-hydrogen) atoms. The molecule has 9 nitrogen and oxygen atoms in total. The van der Waals surface area contributed by atoms with Crippen molar-refractivity contribution in [1.82, 2.24) is 15.0 Å². The summed E-state index contributed by atoms with van der Waals surface area (Å²) >= 11 is 6.50. The predicted molar refractivity (Wildman–Crippen MR) is 118 cm³/mol. The van der Waals surface area contributed by atoms with Gasteiger partial charge in [0, 0.05) is 19.2 Å². The third-order valence-electron chi connectivity index (χ3n) is 5.60. The van der Waals surface area contributed by atoms with Crippen molar-refractivity contribution in [2.45, 2.75) is 32.0 Å². The third kappa shape index (κ3) is 3.40. The van der Waals surface area contributed by atoms with Crippen molar-refractivity contribution >= 4 is 57.5 Å². The zero-order valence-electron chi connectivity index (χ0n) is 17.5. The number of hydrogen-bond acceptors (Lipinski definition) is 6. The number of carbonyl (C=O) groups excluding carboxylic acids is 2. The van der Waals surface area contributed by atoms with Crippen LogP contribution in [0.5, 0.6) is 5.75 Å². The van der Waals surface area contributed by atoms with Gasteiger partial charge in [-0.3, -0.25) is 9.59 Å². The molecule has 5 rings (SSSR count). The predicted octanol–water partition coefficient (Wildman–Crippen LogP) is 3.79. The van der Waals surface area contributed by atoms with Crippen LogP contribution in [-0.4, -0.2) is 45.6 Å². The summed E-state index contributed by atoms with van der Waals surface area (Å²) in [5.74, 6) is -0.177. The van der Waals surface area contributed by atoms with Gasteiger partial charge in [-0.2, -0.15) is 0 Å². The van der Waals surface area contributed by atoms with Gasteiger partial charge in [0.2, 0.25) is 5.91 Å². The SMILES string of the molecule is CN(c1cc2[nH]cnc2c(NC(=O)[C@H]2C[C@H]2F)n1)c1cc2c(cc1Cl)NC(=O)C(C)(C)O2. The van der Waals surface area contributed by atoms with Gasteiger partial charge in [0.1, 0.15) is 23.3 Å². The molecule has 2 aliphatic rings. The number of carbonyl (C=O) groups is 2. The van der Waals surface area contributed by atoms with E-state index in [0.29, 0.717) is 39.0 Å². The van der Waals surface area contributed by atoms with E-state index in [1.807, 2.05) is 0 Å². The van der Waals surface area contributed by atoms with Crippen LogP contribution < -0.4 is 20.3 Å². The summed E-state index contributed by atoms with van der Waals surface area (Å²) in [7, 11) is 1.76. The molecule has 2 aromatic heterocycles. The average molecular weight is 459 g/mol. The number of benzene rings is 1. The quantitative estimate of drug-likeness (QED) is 0.548. The van der Waals surface area contributed by atoms with Crippen molar-refractivity contribution < 1.29 is 18.7 Å². The summed E-state index contributed by atoms with van der Waals surface area (Å²) in [6.07, 6.45) is 0.590. The van der Waals surface area contributed by atoms with Gasteiger partial charge in [-0.05, 0) is 26.3 Å². The highest BCUT2D eigenvalue weighted by atomic mass is 35.5. The van der Waals surface area contributed by atoms with E-state index >= 15 is 0 Å². The van der Waals surface area contributed by atoms with Gasteiger partial charge in [-0.15, -0.1) is 0 Å². The first-order chi connectivity index (χ1) is 15.1. The first kappa shape index (κ1) is 20.5. The van der Waals surface area contributed by atoms with Gasteiger partial charge in [0.25, 0.3) is 5.91 Å². The fraction of sp³-hybridized carbons (Fsp3) is 0.333. The molecule has 3 aromatic rings. The van der Waals surface area contributed by atoms with Gasteiger partial charge in [0.05, 0.1) is 34.2 Å². The van der Waals surface area contributed by atoms with Crippen LogP contribution in [0.1, 0.15) is 20.3 Å². The van der Waals surface area contributed by atoms with Gasteiger partial charge < -0.3 is 25.3 Å². The molecule has 3 N–H and O–H groups in total. The lowest BCUT2D eigenvalue weighted by atomic mass is 10.1. The highest BCUT2D eigenvalue weighted by Gasteiger charge is 2.44. The molecule has 3 heterocycles. The number of halogens is 2. The molecule has 11 heteroatoms. The summed E-state index contributed by atoms with van der Waals surface area (Å²) in [6.45, 7) is 3.35. The van der Waals surface area contributed by atoms with Crippen LogP contribution in [0.15, 0.2) is 24.5 Å². The van der Waals surface area contributed by atoms with E-state index in [9.17, 15) is 14.0 Å². The zero-order chi connectivity index (χ0) is 22.8. The number of ether oxygens (including phenoxy) is 1. The maximum atomic E-state index is 13.3. The van der Waals surface area contributed by atoms with Gasteiger partial charge >= 0.3 is 0 Å². The largest absolute Gasteiger partial charge is 0.476 e. The summed E-state index contributed by atoms with van der Waals surface area (Å²) in [5.41, 5.74) is 1.14. The van der Waals surface area contributed by atoms with E-state index in [4.69, 9.17) is 16.3 Å². The number of fused-ring (bicyclic) bond motifs is 2. The van der Waals surface area contributed by atoms with Crippen molar-refractivity contribution in [2.24, 2.45) is 5.92 Å². The van der Waals surface area contributed by atoms with Crippen LogP contribution in [0.2, 0.25) is 5.02 Å². The Hall–Kier alpha value is -3.40. The maximum absolute atomic E-state index is 13.3. The minimum Gasteiger partial charge on any atom is -0.476 e. The first-order valence-corrected chi connectivity index (χ1v) is 10.4. The Morgan fingerprint density at radius 1 is 1.38 bits per heavy atom. The fourth-order valence-corrected chi connectivity index (χ4v) is 3.83. The number of rotatable bonds is 4. The lowest BCUT2D eigenvalue weighted by Crippen LogP contribution is -2.45. The summed E-state index contributed by atoms with van der Waals surface area (Å²) in [5, 5.41) is 5.85. The Balaban J connectivity index is 1.52. The second-order valence-electron chi connectivity index (χ2n) is 8.40. The maximum Gasteiger partial charge on any atom is 0.268 e. The highest BCUT2D eigenvalue weighted by Crippen LogP contribution is 2.42. The van der Waals surface area contributed by atoms with E-state index in [1.165, 1.54) is 6.33 Å². The Bertz CT molecular complexity index is 1280. The molecule has 1 aliphatic heterocycles. The molecule has 2 atom stereocenters. The fourth-order valence-electron chi connectivity index (χ4n) is 3.53. The lowest BCUT2D eigenvalue weighted by molar-refractivity contribution is -0.129.